The lowest BCUT2D eigenvalue weighted by molar-refractivity contribution is -0.142. The number of aromatic hydroxyl groups is 1. The number of carbonyl (C=O) groups is 4. The van der Waals surface area contributed by atoms with Crippen molar-refractivity contribution < 1.29 is 34.5 Å². The van der Waals surface area contributed by atoms with E-state index in [2.05, 4.69) is 16.0 Å². The van der Waals surface area contributed by atoms with Crippen molar-refractivity contribution in [2.75, 3.05) is 6.61 Å². The summed E-state index contributed by atoms with van der Waals surface area (Å²) < 4.78 is 0. The number of aliphatic hydroxyl groups excluding tert-OH is 1. The van der Waals surface area contributed by atoms with Gasteiger partial charge in [0.25, 0.3) is 0 Å². The smallest absolute Gasteiger partial charge is 0.326 e. The summed E-state index contributed by atoms with van der Waals surface area (Å²) in [5, 5.41) is 35.7. The quantitative estimate of drug-likeness (QED) is 0.196. The summed E-state index contributed by atoms with van der Waals surface area (Å²) >= 11 is 0. The maximum absolute atomic E-state index is 12.8. The number of aliphatic carboxylic acids is 1. The van der Waals surface area contributed by atoms with Crippen molar-refractivity contribution in [3.05, 3.63) is 29.8 Å². The zero-order valence-corrected chi connectivity index (χ0v) is 19.9. The van der Waals surface area contributed by atoms with Crippen molar-refractivity contribution in [1.82, 2.24) is 16.0 Å². The molecule has 11 nitrogen and oxygen atoms in total. The minimum absolute atomic E-state index is 0.0136. The second-order valence-corrected chi connectivity index (χ2v) is 8.98. The van der Waals surface area contributed by atoms with Crippen LogP contribution in [0.3, 0.4) is 0 Å². The van der Waals surface area contributed by atoms with Crippen LogP contribution in [0.5, 0.6) is 5.75 Å². The molecule has 0 radical (unpaired) electrons. The Morgan fingerprint density at radius 3 is 1.91 bits per heavy atom. The maximum atomic E-state index is 12.8. The van der Waals surface area contributed by atoms with Crippen molar-refractivity contribution in [3.8, 4) is 5.75 Å². The van der Waals surface area contributed by atoms with Gasteiger partial charge in [-0.25, -0.2) is 4.79 Å². The number of carboxylic acids is 1. The number of hydrogen-bond donors (Lipinski definition) is 7. The van der Waals surface area contributed by atoms with Crippen LogP contribution in [0.2, 0.25) is 0 Å². The third kappa shape index (κ3) is 9.36. The first-order chi connectivity index (χ1) is 15.8. The number of carbonyl (C=O) groups excluding carboxylic acids is 3. The number of aliphatic hydroxyl groups is 1. The second kappa shape index (κ2) is 13.5. The van der Waals surface area contributed by atoms with E-state index >= 15 is 0 Å². The van der Waals surface area contributed by atoms with Gasteiger partial charge in [-0.2, -0.15) is 0 Å². The third-order valence-electron chi connectivity index (χ3n) is 5.12. The highest BCUT2D eigenvalue weighted by atomic mass is 16.4. The lowest BCUT2D eigenvalue weighted by Gasteiger charge is -2.26. The molecule has 190 valence electrons. The van der Waals surface area contributed by atoms with Gasteiger partial charge in [0.1, 0.15) is 23.9 Å². The molecule has 4 unspecified atom stereocenters. The molecule has 3 amide bonds. The molecule has 1 rings (SSSR count). The Morgan fingerprint density at radius 1 is 0.882 bits per heavy atom. The van der Waals surface area contributed by atoms with E-state index in [-0.39, 0.29) is 24.0 Å². The van der Waals surface area contributed by atoms with Gasteiger partial charge in [-0.3, -0.25) is 14.4 Å². The van der Waals surface area contributed by atoms with E-state index in [1.807, 2.05) is 13.8 Å². The third-order valence-corrected chi connectivity index (χ3v) is 5.12. The molecule has 0 bridgehead atoms. The molecule has 0 heterocycles. The number of phenolic OH excluding ortho intramolecular Hbond substituents is 1. The van der Waals surface area contributed by atoms with Crippen LogP contribution in [0, 0.1) is 11.8 Å². The Kier molecular flexibility index (Phi) is 11.5. The summed E-state index contributed by atoms with van der Waals surface area (Å²) in [6, 6.07) is 1.22. The van der Waals surface area contributed by atoms with E-state index in [4.69, 9.17) is 5.73 Å². The number of rotatable bonds is 13. The largest absolute Gasteiger partial charge is 0.508 e. The average molecular weight is 481 g/mol. The highest BCUT2D eigenvalue weighted by Gasteiger charge is 2.31. The fraction of sp³-hybridized carbons (Fsp3) is 0.565. The van der Waals surface area contributed by atoms with Crippen LogP contribution in [0.15, 0.2) is 24.3 Å². The number of carboxylic acid groups (broad SMARTS) is 1. The van der Waals surface area contributed by atoms with Crippen LogP contribution >= 0.6 is 0 Å². The van der Waals surface area contributed by atoms with Crippen LogP contribution in [0.1, 0.15) is 39.7 Å². The Morgan fingerprint density at radius 2 is 1.44 bits per heavy atom. The van der Waals surface area contributed by atoms with Crippen LogP contribution < -0.4 is 21.7 Å². The summed E-state index contributed by atoms with van der Waals surface area (Å²) in [7, 11) is 0. The van der Waals surface area contributed by atoms with E-state index in [0.29, 0.717) is 12.0 Å². The van der Waals surface area contributed by atoms with Crippen LogP contribution in [0.4, 0.5) is 0 Å². The molecule has 0 aliphatic heterocycles. The van der Waals surface area contributed by atoms with Gasteiger partial charge < -0.3 is 37.0 Å². The SMILES string of the molecule is CC(C)CC(N)C(=O)NC(C(=O)NC(CO)C(=O)NC(Cc1ccc(O)cc1)C(=O)O)C(C)C. The fourth-order valence-electron chi connectivity index (χ4n) is 3.21. The van der Waals surface area contributed by atoms with Crippen LogP contribution in [-0.2, 0) is 25.6 Å². The molecule has 1 aromatic carbocycles. The summed E-state index contributed by atoms with van der Waals surface area (Å²) in [5.41, 5.74) is 6.43. The van der Waals surface area contributed by atoms with Crippen LogP contribution in [-0.4, -0.2) is 69.8 Å². The van der Waals surface area contributed by atoms with E-state index in [9.17, 15) is 34.5 Å². The van der Waals surface area contributed by atoms with Gasteiger partial charge in [0.2, 0.25) is 17.7 Å². The molecule has 8 N–H and O–H groups in total. The molecule has 0 aliphatic carbocycles. The van der Waals surface area contributed by atoms with E-state index in [1.54, 1.807) is 13.8 Å². The summed E-state index contributed by atoms with van der Waals surface area (Å²) in [6.45, 7) is 6.44. The molecule has 0 aromatic heterocycles. The molecule has 0 aliphatic rings. The molecule has 0 fully saturated rings. The Hall–Kier alpha value is -3.18. The molecule has 0 saturated heterocycles. The molecule has 34 heavy (non-hydrogen) atoms. The normalized spacial score (nSPS) is 14.7. The highest BCUT2D eigenvalue weighted by Crippen LogP contribution is 2.12. The van der Waals surface area contributed by atoms with Gasteiger partial charge >= 0.3 is 5.97 Å². The lowest BCUT2D eigenvalue weighted by Crippen LogP contribution is -2.59. The second-order valence-electron chi connectivity index (χ2n) is 8.98. The molecule has 4 atom stereocenters. The molecular formula is C23H36N4O7. The Balaban J connectivity index is 2.84. The zero-order valence-electron chi connectivity index (χ0n) is 19.9. The Bertz CT molecular complexity index is 842. The van der Waals surface area contributed by atoms with Crippen molar-refractivity contribution in [2.45, 2.75) is 64.7 Å². The number of hydrogen-bond acceptors (Lipinski definition) is 7. The molecule has 0 saturated carbocycles. The molecular weight excluding hydrogens is 444 g/mol. The van der Waals surface area contributed by atoms with Gasteiger partial charge in [-0.05, 0) is 36.0 Å². The van der Waals surface area contributed by atoms with E-state index in [0.717, 1.165) is 0 Å². The Labute approximate surface area is 199 Å². The number of nitrogens with two attached hydrogens (primary N) is 1. The number of nitrogens with one attached hydrogen (secondary N) is 3. The van der Waals surface area contributed by atoms with Gasteiger partial charge in [0.15, 0.2) is 0 Å². The first-order valence-corrected chi connectivity index (χ1v) is 11.1. The highest BCUT2D eigenvalue weighted by molar-refractivity contribution is 5.94. The minimum Gasteiger partial charge on any atom is -0.508 e. The van der Waals surface area contributed by atoms with E-state index in [1.165, 1.54) is 24.3 Å². The van der Waals surface area contributed by atoms with Gasteiger partial charge in [0, 0.05) is 6.42 Å². The maximum Gasteiger partial charge on any atom is 0.326 e. The summed E-state index contributed by atoms with van der Waals surface area (Å²) in [5.74, 6) is -3.58. The zero-order chi connectivity index (χ0) is 26.0. The van der Waals surface area contributed by atoms with Crippen molar-refractivity contribution >= 4 is 23.7 Å². The first kappa shape index (κ1) is 28.9. The monoisotopic (exact) mass is 480 g/mol. The lowest BCUT2D eigenvalue weighted by atomic mass is 10.00. The molecule has 11 heteroatoms. The van der Waals surface area contributed by atoms with Crippen molar-refractivity contribution in [1.29, 1.82) is 0 Å². The van der Waals surface area contributed by atoms with Gasteiger partial charge in [0.05, 0.1) is 12.6 Å². The minimum atomic E-state index is -1.43. The molecule has 0 spiro atoms. The van der Waals surface area contributed by atoms with Gasteiger partial charge in [-0.15, -0.1) is 0 Å². The number of benzene rings is 1. The fourth-order valence-corrected chi connectivity index (χ4v) is 3.21. The van der Waals surface area contributed by atoms with Crippen LogP contribution in [0.25, 0.3) is 0 Å². The molecule has 1 aromatic rings. The summed E-state index contributed by atoms with van der Waals surface area (Å²) in [6.07, 6.45) is 0.351. The number of phenols is 1. The predicted molar refractivity (Wildman–Crippen MR) is 125 cm³/mol. The van der Waals surface area contributed by atoms with Crippen molar-refractivity contribution in [2.24, 2.45) is 17.6 Å². The standard InChI is InChI=1S/C23H36N4O7/c1-12(2)9-16(24)20(30)27-19(13(3)4)22(32)26-18(11-28)21(31)25-17(23(33)34)10-14-5-7-15(29)8-6-14/h5-8,12-13,16-19,28-29H,9-11,24H2,1-4H3,(H,25,31)(H,26,32)(H,27,30)(H,33,34). The van der Waals surface area contributed by atoms with E-state index < -0.39 is 54.5 Å². The average Bonchev–Trinajstić information content (AvgIpc) is 2.75. The topological polar surface area (TPSA) is 191 Å². The number of amides is 3. The summed E-state index contributed by atoms with van der Waals surface area (Å²) in [4.78, 5) is 49.4. The van der Waals surface area contributed by atoms with Gasteiger partial charge in [-0.1, -0.05) is 39.8 Å². The van der Waals surface area contributed by atoms with Crippen molar-refractivity contribution in [3.63, 3.8) is 0 Å². The predicted octanol–water partition coefficient (Wildman–Crippen LogP) is -0.505. The first-order valence-electron chi connectivity index (χ1n) is 11.1.